The van der Waals surface area contributed by atoms with Gasteiger partial charge < -0.3 is 9.73 Å². The van der Waals surface area contributed by atoms with Gasteiger partial charge in [-0.25, -0.2) is 19.3 Å². The van der Waals surface area contributed by atoms with E-state index in [1.807, 2.05) is 0 Å². The zero-order valence-electron chi connectivity index (χ0n) is 11.3. The number of amides is 1. The van der Waals surface area contributed by atoms with E-state index in [2.05, 4.69) is 25.0 Å². The van der Waals surface area contributed by atoms with Crippen molar-refractivity contribution < 1.29 is 13.7 Å². The van der Waals surface area contributed by atoms with Gasteiger partial charge in [0.2, 0.25) is 11.7 Å². The molecule has 0 spiro atoms. The monoisotopic (exact) mass is 301 g/mol. The molecule has 3 aromatic rings. The molecule has 0 unspecified atom stereocenters. The first kappa shape index (κ1) is 13.7. The van der Waals surface area contributed by atoms with Crippen LogP contribution in [0, 0.1) is 0 Å². The van der Waals surface area contributed by atoms with Gasteiger partial charge in [0.05, 0.1) is 12.8 Å². The zero-order chi connectivity index (χ0) is 15.4. The number of rotatable bonds is 5. The average molecular weight is 301 g/mol. The molecule has 9 nitrogen and oxygen atoms in total. The first-order chi connectivity index (χ1) is 10.7. The van der Waals surface area contributed by atoms with E-state index >= 15 is 0 Å². The number of aromatic nitrogens is 4. The van der Waals surface area contributed by atoms with Gasteiger partial charge in [0.25, 0.3) is 0 Å². The van der Waals surface area contributed by atoms with Crippen LogP contribution in [0.3, 0.4) is 0 Å². The van der Waals surface area contributed by atoms with Crippen molar-refractivity contribution in [1.82, 2.24) is 25.0 Å². The maximum atomic E-state index is 11.9. The minimum Gasteiger partial charge on any atom is -0.467 e. The molecule has 0 atom stereocenters. The Kier molecular flexibility index (Phi) is 3.77. The van der Waals surface area contributed by atoms with E-state index in [1.165, 1.54) is 18.7 Å². The summed E-state index contributed by atoms with van der Waals surface area (Å²) in [5.74, 6) is -0.238. The molecule has 0 saturated carbocycles. The van der Waals surface area contributed by atoms with Crippen molar-refractivity contribution in [3.05, 3.63) is 53.2 Å². The largest absolute Gasteiger partial charge is 0.467 e. The molecule has 0 aliphatic carbocycles. The lowest BCUT2D eigenvalue weighted by Gasteiger charge is -2.04. The Labute approximate surface area is 123 Å². The second-order valence-electron chi connectivity index (χ2n) is 4.29. The molecule has 0 aromatic carbocycles. The Balaban J connectivity index is 1.74. The van der Waals surface area contributed by atoms with Gasteiger partial charge in [-0.15, -0.1) is 0 Å². The fraction of sp³-hybridized carbons (Fsp3) is 0.154. The molecule has 0 aliphatic heterocycles. The summed E-state index contributed by atoms with van der Waals surface area (Å²) in [6, 6.07) is 5.08. The molecule has 0 saturated heterocycles. The fourth-order valence-corrected chi connectivity index (χ4v) is 1.78. The third-order valence-electron chi connectivity index (χ3n) is 2.79. The number of carbonyl (C=O) groups excluding carboxylic acids is 1. The van der Waals surface area contributed by atoms with Gasteiger partial charge in [0, 0.05) is 12.4 Å². The lowest BCUT2D eigenvalue weighted by Crippen LogP contribution is -2.30. The number of hydrogen-bond acceptors (Lipinski definition) is 7. The molecule has 3 rings (SSSR count). The van der Waals surface area contributed by atoms with E-state index in [4.69, 9.17) is 4.42 Å². The van der Waals surface area contributed by atoms with Crippen LogP contribution in [-0.4, -0.2) is 25.6 Å². The van der Waals surface area contributed by atoms with E-state index < -0.39 is 5.76 Å². The van der Waals surface area contributed by atoms with Gasteiger partial charge in [-0.05, 0) is 18.2 Å². The molecule has 1 amide bonds. The number of nitrogens with one attached hydrogen (secondary N) is 1. The molecule has 112 valence electrons. The second kappa shape index (κ2) is 6.04. The Hall–Kier alpha value is -3.23. The average Bonchev–Trinajstić information content (AvgIpc) is 3.17. The number of furan rings is 1. The Bertz CT molecular complexity index is 807. The second-order valence-corrected chi connectivity index (χ2v) is 4.29. The minimum atomic E-state index is -0.754. The maximum absolute atomic E-state index is 11.9. The predicted octanol–water partition coefficient (Wildman–Crippen LogP) is 0.203. The lowest BCUT2D eigenvalue weighted by molar-refractivity contribution is -0.122. The van der Waals surface area contributed by atoms with Crippen molar-refractivity contribution in [2.75, 3.05) is 0 Å². The van der Waals surface area contributed by atoms with Crippen LogP contribution in [0.1, 0.15) is 5.76 Å². The maximum Gasteiger partial charge on any atom is 0.442 e. The number of carbonyl (C=O) groups is 1. The highest BCUT2D eigenvalue weighted by Crippen LogP contribution is 2.08. The molecule has 9 heteroatoms. The van der Waals surface area contributed by atoms with E-state index in [0.29, 0.717) is 5.76 Å². The zero-order valence-corrected chi connectivity index (χ0v) is 11.3. The molecule has 3 aromatic heterocycles. The quantitative estimate of drug-likeness (QED) is 0.715. The molecule has 0 bridgehead atoms. The standard InChI is InChI=1S/C13H11N5O4/c19-10(16-7-9-3-1-6-21-9)8-18-12(17-22-13(18)20)11-14-4-2-5-15-11/h1-6H,7-8H2,(H,16,19). The highest BCUT2D eigenvalue weighted by Gasteiger charge is 2.17. The summed E-state index contributed by atoms with van der Waals surface area (Å²) in [5, 5.41) is 6.23. The van der Waals surface area contributed by atoms with Gasteiger partial charge in [0.1, 0.15) is 12.3 Å². The summed E-state index contributed by atoms with van der Waals surface area (Å²) >= 11 is 0. The molecular formula is C13H11N5O4. The first-order valence-corrected chi connectivity index (χ1v) is 6.37. The molecule has 3 heterocycles. The molecule has 22 heavy (non-hydrogen) atoms. The molecule has 0 aliphatic rings. The van der Waals surface area contributed by atoms with Crippen molar-refractivity contribution in [3.63, 3.8) is 0 Å². The minimum absolute atomic E-state index is 0.0961. The van der Waals surface area contributed by atoms with Crippen LogP contribution in [-0.2, 0) is 17.9 Å². The summed E-state index contributed by atoms with van der Waals surface area (Å²) in [6.07, 6.45) is 4.52. The predicted molar refractivity (Wildman–Crippen MR) is 72.3 cm³/mol. The van der Waals surface area contributed by atoms with Crippen molar-refractivity contribution in [3.8, 4) is 11.6 Å². The summed E-state index contributed by atoms with van der Waals surface area (Å²) in [4.78, 5) is 31.5. The topological polar surface area (TPSA) is 116 Å². The lowest BCUT2D eigenvalue weighted by atomic mass is 10.4. The van der Waals surface area contributed by atoms with Gasteiger partial charge in [-0.1, -0.05) is 5.16 Å². The summed E-state index contributed by atoms with van der Waals surface area (Å²) < 4.78 is 10.7. The van der Waals surface area contributed by atoms with E-state index in [1.54, 1.807) is 18.2 Å². The summed E-state index contributed by atoms with van der Waals surface area (Å²) in [5.41, 5.74) is 0. The van der Waals surface area contributed by atoms with E-state index in [-0.39, 0.29) is 30.6 Å². The molecule has 0 fully saturated rings. The fourth-order valence-electron chi connectivity index (χ4n) is 1.78. The Morgan fingerprint density at radius 3 is 2.82 bits per heavy atom. The SMILES string of the molecule is O=C(Cn1c(-c2ncccn2)noc1=O)NCc1ccco1. The van der Waals surface area contributed by atoms with E-state index in [0.717, 1.165) is 4.57 Å². The third-order valence-corrected chi connectivity index (χ3v) is 2.79. The van der Waals surface area contributed by atoms with Crippen molar-refractivity contribution in [1.29, 1.82) is 0 Å². The normalized spacial score (nSPS) is 10.5. The van der Waals surface area contributed by atoms with Crippen molar-refractivity contribution >= 4 is 5.91 Å². The van der Waals surface area contributed by atoms with Crippen LogP contribution in [0.5, 0.6) is 0 Å². The first-order valence-electron chi connectivity index (χ1n) is 6.37. The summed E-state index contributed by atoms with van der Waals surface area (Å²) in [7, 11) is 0. The van der Waals surface area contributed by atoms with Gasteiger partial charge in [0.15, 0.2) is 5.82 Å². The van der Waals surface area contributed by atoms with Crippen LogP contribution in [0.25, 0.3) is 11.6 Å². The smallest absolute Gasteiger partial charge is 0.442 e. The molecule has 1 N–H and O–H groups in total. The van der Waals surface area contributed by atoms with Crippen molar-refractivity contribution in [2.45, 2.75) is 13.1 Å². The van der Waals surface area contributed by atoms with E-state index in [9.17, 15) is 9.59 Å². The Morgan fingerprint density at radius 1 is 1.27 bits per heavy atom. The van der Waals surface area contributed by atoms with Gasteiger partial charge in [-0.2, -0.15) is 0 Å². The van der Waals surface area contributed by atoms with Crippen LogP contribution in [0.2, 0.25) is 0 Å². The highest BCUT2D eigenvalue weighted by molar-refractivity contribution is 5.76. The van der Waals surface area contributed by atoms with Crippen molar-refractivity contribution in [2.24, 2.45) is 0 Å². The number of hydrogen-bond donors (Lipinski definition) is 1. The summed E-state index contributed by atoms with van der Waals surface area (Å²) in [6.45, 7) is -0.0281. The Morgan fingerprint density at radius 2 is 2.09 bits per heavy atom. The van der Waals surface area contributed by atoms with Gasteiger partial charge >= 0.3 is 5.76 Å². The van der Waals surface area contributed by atoms with Crippen LogP contribution in [0.15, 0.2) is 50.6 Å². The van der Waals surface area contributed by atoms with Crippen LogP contribution in [0.4, 0.5) is 0 Å². The molecule has 0 radical (unpaired) electrons. The highest BCUT2D eigenvalue weighted by atomic mass is 16.5. The third kappa shape index (κ3) is 2.92. The van der Waals surface area contributed by atoms with Gasteiger partial charge in [-0.3, -0.25) is 9.32 Å². The van der Waals surface area contributed by atoms with Crippen LogP contribution < -0.4 is 11.1 Å². The van der Waals surface area contributed by atoms with Crippen LogP contribution >= 0.6 is 0 Å². The molecular weight excluding hydrogens is 290 g/mol. The number of nitrogens with zero attached hydrogens (tertiary/aromatic N) is 4.